The predicted octanol–water partition coefficient (Wildman–Crippen LogP) is 1.54. The zero-order valence-electron chi connectivity index (χ0n) is 16.2. The molecular weight excluding hydrogens is 392 g/mol. The Morgan fingerprint density at radius 2 is 1.93 bits per heavy atom. The van der Waals surface area contributed by atoms with Gasteiger partial charge in [0.2, 0.25) is 5.91 Å². The number of aromatic nitrogens is 2. The number of H-pyrrole nitrogens is 1. The Hall–Kier alpha value is -2.52. The van der Waals surface area contributed by atoms with E-state index in [4.69, 9.17) is 17.0 Å². The highest BCUT2D eigenvalue weighted by Gasteiger charge is 2.20. The molecule has 154 valence electrons. The molecule has 3 heterocycles. The van der Waals surface area contributed by atoms with Gasteiger partial charge in [0.25, 0.3) is 11.5 Å². The van der Waals surface area contributed by atoms with Crippen molar-refractivity contribution in [2.24, 2.45) is 0 Å². The first-order valence-electron chi connectivity index (χ1n) is 9.96. The largest absolute Gasteiger partial charge is 0.378 e. The summed E-state index contributed by atoms with van der Waals surface area (Å²) in [6.45, 7) is 4.07. The van der Waals surface area contributed by atoms with Gasteiger partial charge in [-0.25, -0.2) is 0 Å². The second-order valence-electron chi connectivity index (χ2n) is 7.39. The van der Waals surface area contributed by atoms with Gasteiger partial charge in [0, 0.05) is 44.7 Å². The highest BCUT2D eigenvalue weighted by atomic mass is 32.1. The van der Waals surface area contributed by atoms with Crippen LogP contribution in [0.2, 0.25) is 0 Å². The number of nitrogens with one attached hydrogen (secondary N) is 1. The van der Waals surface area contributed by atoms with Crippen molar-refractivity contribution in [3.63, 3.8) is 0 Å². The Kier molecular flexibility index (Phi) is 5.77. The molecule has 0 atom stereocenters. The summed E-state index contributed by atoms with van der Waals surface area (Å²) in [5.74, 6) is 0.104. The minimum absolute atomic E-state index is 0.0750. The van der Waals surface area contributed by atoms with Crippen LogP contribution in [0.5, 0.6) is 0 Å². The van der Waals surface area contributed by atoms with Crippen molar-refractivity contribution >= 4 is 34.9 Å². The maximum atomic E-state index is 12.9. The number of rotatable bonds is 5. The summed E-state index contributed by atoms with van der Waals surface area (Å²) in [6, 6.07) is 5.06. The maximum Gasteiger partial charge on any atom is 0.262 e. The van der Waals surface area contributed by atoms with Gasteiger partial charge in [0.15, 0.2) is 4.77 Å². The van der Waals surface area contributed by atoms with Crippen LogP contribution in [0.1, 0.15) is 29.6 Å². The number of fused-ring (bicyclic) bond motifs is 1. The fourth-order valence-corrected chi connectivity index (χ4v) is 4.18. The Morgan fingerprint density at radius 1 is 1.14 bits per heavy atom. The normalized spacial score (nSPS) is 17.3. The van der Waals surface area contributed by atoms with Crippen LogP contribution >= 0.6 is 12.2 Å². The second-order valence-corrected chi connectivity index (χ2v) is 7.78. The Balaban J connectivity index is 1.53. The lowest BCUT2D eigenvalue weighted by Gasteiger charge is -2.26. The molecule has 0 bridgehead atoms. The van der Waals surface area contributed by atoms with Crippen LogP contribution in [0.15, 0.2) is 23.0 Å². The van der Waals surface area contributed by atoms with E-state index >= 15 is 0 Å². The lowest BCUT2D eigenvalue weighted by molar-refractivity contribution is -0.127. The maximum absolute atomic E-state index is 12.9. The van der Waals surface area contributed by atoms with Crippen LogP contribution in [-0.2, 0) is 16.1 Å². The first-order chi connectivity index (χ1) is 14.0. The third-order valence-electron chi connectivity index (χ3n) is 5.51. The molecule has 0 saturated carbocycles. The fourth-order valence-electron chi connectivity index (χ4n) is 3.90. The van der Waals surface area contributed by atoms with E-state index < -0.39 is 0 Å². The molecule has 2 fully saturated rings. The van der Waals surface area contributed by atoms with Gasteiger partial charge in [-0.05, 0) is 43.3 Å². The molecule has 1 aromatic heterocycles. The molecule has 2 amide bonds. The van der Waals surface area contributed by atoms with Crippen LogP contribution in [0.25, 0.3) is 10.9 Å². The number of ether oxygens (including phenoxy) is 1. The van der Waals surface area contributed by atoms with E-state index in [1.165, 1.54) is 4.57 Å². The van der Waals surface area contributed by atoms with Crippen molar-refractivity contribution in [3.8, 4) is 0 Å². The third kappa shape index (κ3) is 4.11. The summed E-state index contributed by atoms with van der Waals surface area (Å²) in [5, 5.41) is 0.495. The average Bonchev–Trinajstić information content (AvgIpc) is 3.14. The number of aromatic amines is 1. The van der Waals surface area contributed by atoms with Crippen LogP contribution in [0.4, 0.5) is 0 Å². The van der Waals surface area contributed by atoms with Crippen LogP contribution in [0.3, 0.4) is 0 Å². The number of carbonyl (C=O) groups is 2. The van der Waals surface area contributed by atoms with Gasteiger partial charge in [-0.15, -0.1) is 0 Å². The van der Waals surface area contributed by atoms with Gasteiger partial charge >= 0.3 is 0 Å². The molecule has 4 rings (SSSR count). The number of carbonyl (C=O) groups excluding carboxylic acids is 2. The van der Waals surface area contributed by atoms with E-state index in [1.807, 2.05) is 4.90 Å². The lowest BCUT2D eigenvalue weighted by Crippen LogP contribution is -2.40. The molecule has 2 aliphatic heterocycles. The smallest absolute Gasteiger partial charge is 0.262 e. The summed E-state index contributed by atoms with van der Waals surface area (Å²) in [6.07, 6.45) is 2.18. The number of hydrogen-bond acceptors (Lipinski definition) is 5. The number of amides is 2. The monoisotopic (exact) mass is 416 g/mol. The summed E-state index contributed by atoms with van der Waals surface area (Å²) < 4.78 is 7.15. The van der Waals surface area contributed by atoms with Crippen LogP contribution < -0.4 is 5.56 Å². The SMILES string of the molecule is O=C1CCCN1CCCn1c(=S)[nH]c2cc(C(=O)N3CCOCC3)ccc2c1=O. The van der Waals surface area contributed by atoms with Crippen molar-refractivity contribution < 1.29 is 14.3 Å². The van der Waals surface area contributed by atoms with Crippen molar-refractivity contribution in [2.75, 3.05) is 39.4 Å². The number of morpholine rings is 1. The quantitative estimate of drug-likeness (QED) is 0.747. The summed E-state index contributed by atoms with van der Waals surface area (Å²) >= 11 is 5.39. The van der Waals surface area contributed by atoms with Gasteiger partial charge < -0.3 is 19.5 Å². The van der Waals surface area contributed by atoms with E-state index in [2.05, 4.69) is 4.98 Å². The number of likely N-dealkylation sites (tertiary alicyclic amines) is 1. The molecule has 0 spiro atoms. The van der Waals surface area contributed by atoms with E-state index in [-0.39, 0.29) is 17.4 Å². The van der Waals surface area contributed by atoms with E-state index in [9.17, 15) is 14.4 Å². The fraction of sp³-hybridized carbons (Fsp3) is 0.500. The Morgan fingerprint density at radius 3 is 2.66 bits per heavy atom. The van der Waals surface area contributed by atoms with Gasteiger partial charge in [0.1, 0.15) is 0 Å². The topological polar surface area (TPSA) is 87.6 Å². The molecule has 0 aliphatic carbocycles. The number of nitrogens with zero attached hydrogens (tertiary/aromatic N) is 3. The van der Waals surface area contributed by atoms with Crippen molar-refractivity contribution in [1.29, 1.82) is 0 Å². The number of benzene rings is 1. The van der Waals surface area contributed by atoms with E-state index in [1.54, 1.807) is 23.1 Å². The molecule has 2 aromatic rings. The van der Waals surface area contributed by atoms with Gasteiger partial charge in [-0.3, -0.25) is 19.0 Å². The van der Waals surface area contributed by atoms with Crippen molar-refractivity contribution in [3.05, 3.63) is 38.9 Å². The first-order valence-corrected chi connectivity index (χ1v) is 10.4. The summed E-state index contributed by atoms with van der Waals surface area (Å²) in [7, 11) is 0. The number of hydrogen-bond donors (Lipinski definition) is 1. The molecule has 1 aromatic carbocycles. The third-order valence-corrected chi connectivity index (χ3v) is 5.83. The first kappa shape index (κ1) is 19.8. The lowest BCUT2D eigenvalue weighted by atomic mass is 10.1. The molecule has 8 nitrogen and oxygen atoms in total. The minimum atomic E-state index is -0.179. The predicted molar refractivity (Wildman–Crippen MR) is 111 cm³/mol. The Bertz CT molecular complexity index is 1050. The second kappa shape index (κ2) is 8.46. The van der Waals surface area contributed by atoms with E-state index in [0.717, 1.165) is 13.0 Å². The molecular formula is C20H24N4O4S. The molecule has 2 saturated heterocycles. The average molecular weight is 417 g/mol. The zero-order chi connectivity index (χ0) is 20.4. The Labute approximate surface area is 173 Å². The van der Waals surface area contributed by atoms with Crippen molar-refractivity contribution in [2.45, 2.75) is 25.8 Å². The van der Waals surface area contributed by atoms with Gasteiger partial charge in [0.05, 0.1) is 24.1 Å². The molecule has 0 radical (unpaired) electrons. The van der Waals surface area contributed by atoms with Crippen molar-refractivity contribution in [1.82, 2.24) is 19.4 Å². The van der Waals surface area contributed by atoms with Gasteiger partial charge in [-0.1, -0.05) is 0 Å². The molecule has 9 heteroatoms. The van der Waals surface area contributed by atoms with Gasteiger partial charge in [-0.2, -0.15) is 0 Å². The highest BCUT2D eigenvalue weighted by molar-refractivity contribution is 7.71. The molecule has 1 N–H and O–H groups in total. The minimum Gasteiger partial charge on any atom is -0.378 e. The standard InChI is InChI=1S/C20H24N4O4S/c25-17-3-1-6-22(17)7-2-8-24-19(27)15-5-4-14(13-16(15)21-20(24)29)18(26)23-9-11-28-12-10-23/h4-5,13H,1-3,6-12H2,(H,21,29). The molecule has 0 unspecified atom stereocenters. The van der Waals surface area contributed by atoms with E-state index in [0.29, 0.717) is 73.5 Å². The molecule has 29 heavy (non-hydrogen) atoms. The highest BCUT2D eigenvalue weighted by Crippen LogP contribution is 2.14. The zero-order valence-corrected chi connectivity index (χ0v) is 17.0. The summed E-state index contributed by atoms with van der Waals surface area (Å²) in [5.41, 5.74) is 0.904. The van der Waals surface area contributed by atoms with Crippen LogP contribution in [0, 0.1) is 4.77 Å². The summed E-state index contributed by atoms with van der Waals surface area (Å²) in [4.78, 5) is 44.0. The molecule has 2 aliphatic rings. The van der Waals surface area contributed by atoms with Crippen LogP contribution in [-0.4, -0.2) is 70.6 Å².